The number of carbonyl (C=O) groups excluding carboxylic acids is 2. The van der Waals surface area contributed by atoms with Crippen LogP contribution in [0.25, 0.3) is 11.1 Å². The molecule has 1 N–H and O–H groups in total. The molecule has 0 spiro atoms. The van der Waals surface area contributed by atoms with Gasteiger partial charge < -0.3 is 19.5 Å². The number of ether oxygens (including phenoxy) is 3. The van der Waals surface area contributed by atoms with E-state index in [0.29, 0.717) is 30.4 Å². The normalized spacial score (nSPS) is 12.2. The van der Waals surface area contributed by atoms with Crippen molar-refractivity contribution in [2.75, 3.05) is 25.1 Å². The van der Waals surface area contributed by atoms with Crippen LogP contribution in [0, 0.1) is 0 Å². The van der Waals surface area contributed by atoms with Crippen LogP contribution >= 0.6 is 11.6 Å². The highest BCUT2D eigenvalue weighted by Gasteiger charge is 2.20. The lowest BCUT2D eigenvalue weighted by Gasteiger charge is -2.20. The topological polar surface area (TPSA) is 73.9 Å². The zero-order valence-electron chi connectivity index (χ0n) is 15.9. The maximum absolute atomic E-state index is 12.4. The zero-order valence-corrected chi connectivity index (χ0v) is 16.6. The number of esters is 1. The second-order valence-electron chi connectivity index (χ2n) is 6.52. The summed E-state index contributed by atoms with van der Waals surface area (Å²) in [6, 6.07) is 20.0. The molecule has 3 aromatic carbocycles. The standard InChI is InChI=1S/C23H18ClNO5/c24-18-12-16(13-20-22(18)29-11-10-28-20)23(27)30-14-21(26)25-19-9-5-4-8-17(19)15-6-2-1-3-7-15/h1-9,12-13H,10-11,14H2,(H,25,26). The van der Waals surface area contributed by atoms with Crippen LogP contribution in [0.2, 0.25) is 5.02 Å². The van der Waals surface area contributed by atoms with E-state index >= 15 is 0 Å². The van der Waals surface area contributed by atoms with Gasteiger partial charge in [-0.25, -0.2) is 4.79 Å². The molecule has 30 heavy (non-hydrogen) atoms. The summed E-state index contributed by atoms with van der Waals surface area (Å²) >= 11 is 6.15. The van der Waals surface area contributed by atoms with E-state index in [9.17, 15) is 9.59 Å². The van der Waals surface area contributed by atoms with Crippen LogP contribution in [-0.2, 0) is 9.53 Å². The molecule has 1 amide bonds. The van der Waals surface area contributed by atoms with E-state index in [1.807, 2.05) is 48.5 Å². The highest BCUT2D eigenvalue weighted by molar-refractivity contribution is 6.32. The molecule has 6 nitrogen and oxygen atoms in total. The van der Waals surface area contributed by atoms with Crippen molar-refractivity contribution < 1.29 is 23.8 Å². The van der Waals surface area contributed by atoms with Gasteiger partial charge in [-0.3, -0.25) is 4.79 Å². The summed E-state index contributed by atoms with van der Waals surface area (Å²) in [6.07, 6.45) is 0. The summed E-state index contributed by atoms with van der Waals surface area (Å²) < 4.78 is 16.0. The number of para-hydroxylation sites is 1. The Morgan fingerprint density at radius 3 is 2.53 bits per heavy atom. The summed E-state index contributed by atoms with van der Waals surface area (Å²) in [6.45, 7) is 0.320. The van der Waals surface area contributed by atoms with Crippen molar-refractivity contribution in [2.24, 2.45) is 0 Å². The molecule has 1 heterocycles. The van der Waals surface area contributed by atoms with Crippen molar-refractivity contribution >= 4 is 29.2 Å². The van der Waals surface area contributed by atoms with Gasteiger partial charge >= 0.3 is 5.97 Å². The van der Waals surface area contributed by atoms with Crippen LogP contribution in [0.3, 0.4) is 0 Å². The molecular formula is C23H18ClNO5. The average molecular weight is 424 g/mol. The third kappa shape index (κ3) is 4.39. The first-order valence-electron chi connectivity index (χ1n) is 9.32. The second-order valence-corrected chi connectivity index (χ2v) is 6.93. The van der Waals surface area contributed by atoms with E-state index < -0.39 is 18.5 Å². The van der Waals surface area contributed by atoms with E-state index in [-0.39, 0.29) is 10.6 Å². The van der Waals surface area contributed by atoms with Crippen LogP contribution in [0.4, 0.5) is 5.69 Å². The van der Waals surface area contributed by atoms with Gasteiger partial charge in [-0.1, -0.05) is 60.1 Å². The van der Waals surface area contributed by atoms with Crippen LogP contribution < -0.4 is 14.8 Å². The fraction of sp³-hybridized carbons (Fsp3) is 0.130. The molecule has 1 aliphatic rings. The van der Waals surface area contributed by atoms with Crippen molar-refractivity contribution in [1.29, 1.82) is 0 Å². The Morgan fingerprint density at radius 2 is 1.70 bits per heavy atom. The van der Waals surface area contributed by atoms with E-state index in [1.54, 1.807) is 6.07 Å². The SMILES string of the molecule is O=C(COC(=O)c1cc(Cl)c2c(c1)OCCO2)Nc1ccccc1-c1ccccc1. The molecule has 0 saturated heterocycles. The third-order valence-electron chi connectivity index (χ3n) is 4.45. The first-order valence-corrected chi connectivity index (χ1v) is 9.70. The van der Waals surface area contributed by atoms with Crippen LogP contribution in [-0.4, -0.2) is 31.7 Å². The molecule has 0 atom stereocenters. The minimum absolute atomic E-state index is 0.182. The maximum atomic E-state index is 12.4. The van der Waals surface area contributed by atoms with Gasteiger partial charge in [0.15, 0.2) is 18.1 Å². The van der Waals surface area contributed by atoms with E-state index in [2.05, 4.69) is 5.32 Å². The fourth-order valence-corrected chi connectivity index (χ4v) is 3.36. The number of nitrogens with one attached hydrogen (secondary N) is 1. The van der Waals surface area contributed by atoms with Crippen LogP contribution in [0.15, 0.2) is 66.7 Å². The molecular weight excluding hydrogens is 406 g/mol. The Balaban J connectivity index is 1.41. The number of anilines is 1. The highest BCUT2D eigenvalue weighted by atomic mass is 35.5. The number of rotatable bonds is 5. The highest BCUT2D eigenvalue weighted by Crippen LogP contribution is 2.38. The Kier molecular flexibility index (Phi) is 5.86. The van der Waals surface area contributed by atoms with Crippen molar-refractivity contribution in [3.63, 3.8) is 0 Å². The summed E-state index contributed by atoms with van der Waals surface area (Å²) in [5.74, 6) is -0.354. The van der Waals surface area contributed by atoms with Gasteiger partial charge in [0.2, 0.25) is 0 Å². The summed E-state index contributed by atoms with van der Waals surface area (Å²) in [7, 11) is 0. The van der Waals surface area contributed by atoms with Gasteiger partial charge in [0.05, 0.1) is 10.6 Å². The van der Waals surface area contributed by atoms with Gasteiger partial charge in [0, 0.05) is 11.3 Å². The molecule has 7 heteroatoms. The monoisotopic (exact) mass is 423 g/mol. The van der Waals surface area contributed by atoms with E-state index in [4.69, 9.17) is 25.8 Å². The Morgan fingerprint density at radius 1 is 0.967 bits per heavy atom. The number of fused-ring (bicyclic) bond motifs is 1. The molecule has 152 valence electrons. The van der Waals surface area contributed by atoms with Gasteiger partial charge in [0.1, 0.15) is 13.2 Å². The second kappa shape index (κ2) is 8.88. The lowest BCUT2D eigenvalue weighted by atomic mass is 10.0. The number of hydrogen-bond acceptors (Lipinski definition) is 5. The summed E-state index contributed by atoms with van der Waals surface area (Å²) in [5, 5.41) is 3.04. The van der Waals surface area contributed by atoms with Gasteiger partial charge in [-0.15, -0.1) is 0 Å². The average Bonchev–Trinajstić information content (AvgIpc) is 2.78. The molecule has 0 saturated carbocycles. The lowest BCUT2D eigenvalue weighted by molar-refractivity contribution is -0.119. The molecule has 3 aromatic rings. The largest absolute Gasteiger partial charge is 0.486 e. The maximum Gasteiger partial charge on any atom is 0.338 e. The predicted octanol–water partition coefficient (Wildman–Crippen LogP) is 4.57. The molecule has 0 aromatic heterocycles. The number of halogens is 1. The smallest absolute Gasteiger partial charge is 0.338 e. The first-order chi connectivity index (χ1) is 14.6. The molecule has 0 aliphatic carbocycles. The molecule has 4 rings (SSSR count). The molecule has 0 fully saturated rings. The summed E-state index contributed by atoms with van der Waals surface area (Å²) in [5.41, 5.74) is 2.65. The minimum Gasteiger partial charge on any atom is -0.486 e. The Labute approximate surface area is 178 Å². The minimum atomic E-state index is -0.680. The molecule has 0 radical (unpaired) electrons. The number of hydrogen-bond donors (Lipinski definition) is 1. The predicted molar refractivity (Wildman–Crippen MR) is 113 cm³/mol. The van der Waals surface area contributed by atoms with E-state index in [1.165, 1.54) is 12.1 Å². The zero-order chi connectivity index (χ0) is 20.9. The van der Waals surface area contributed by atoms with E-state index in [0.717, 1.165) is 11.1 Å². The molecule has 0 bridgehead atoms. The molecule has 1 aliphatic heterocycles. The van der Waals surface area contributed by atoms with Crippen LogP contribution in [0.5, 0.6) is 11.5 Å². The van der Waals surface area contributed by atoms with Crippen molar-refractivity contribution in [1.82, 2.24) is 0 Å². The quantitative estimate of drug-likeness (QED) is 0.608. The van der Waals surface area contributed by atoms with Crippen molar-refractivity contribution in [2.45, 2.75) is 0 Å². The lowest BCUT2D eigenvalue weighted by Crippen LogP contribution is -2.21. The van der Waals surface area contributed by atoms with Crippen molar-refractivity contribution in [3.05, 3.63) is 77.3 Å². The van der Waals surface area contributed by atoms with Crippen molar-refractivity contribution in [3.8, 4) is 22.6 Å². The van der Waals surface area contributed by atoms with Gasteiger partial charge in [-0.2, -0.15) is 0 Å². The number of carbonyl (C=O) groups is 2. The Bertz CT molecular complexity index is 1080. The van der Waals surface area contributed by atoms with Gasteiger partial charge in [-0.05, 0) is 23.8 Å². The third-order valence-corrected chi connectivity index (χ3v) is 4.73. The summed E-state index contributed by atoms with van der Waals surface area (Å²) in [4.78, 5) is 24.7. The Hall–Kier alpha value is -3.51. The number of amides is 1. The molecule has 0 unspecified atom stereocenters. The number of benzene rings is 3. The van der Waals surface area contributed by atoms with Gasteiger partial charge in [0.25, 0.3) is 5.91 Å². The van der Waals surface area contributed by atoms with Crippen LogP contribution in [0.1, 0.15) is 10.4 Å². The fourth-order valence-electron chi connectivity index (χ4n) is 3.09. The first kappa shape index (κ1) is 19.8.